The van der Waals surface area contributed by atoms with Crippen LogP contribution in [0.5, 0.6) is 0 Å². The summed E-state index contributed by atoms with van der Waals surface area (Å²) in [6.45, 7) is 0. The Morgan fingerprint density at radius 2 is 1.85 bits per heavy atom. The van der Waals surface area contributed by atoms with Gasteiger partial charge < -0.3 is 0 Å². The summed E-state index contributed by atoms with van der Waals surface area (Å²) in [7, 11) is 0. The second-order valence-electron chi connectivity index (χ2n) is 3.86. The average Bonchev–Trinajstić information content (AvgIpc) is 2.39. The molecule has 1 aromatic heterocycles. The van der Waals surface area contributed by atoms with Crippen LogP contribution in [0.3, 0.4) is 0 Å². The van der Waals surface area contributed by atoms with Crippen molar-refractivity contribution in [1.29, 1.82) is 0 Å². The van der Waals surface area contributed by atoms with Gasteiger partial charge in [-0.25, -0.2) is 0 Å². The first kappa shape index (κ1) is 14.8. The van der Waals surface area contributed by atoms with E-state index < -0.39 is 23.0 Å². The maximum absolute atomic E-state index is 13.1. The minimum atomic E-state index is -4.73. The van der Waals surface area contributed by atoms with Crippen molar-refractivity contribution in [2.75, 3.05) is 0 Å². The number of hydrogen-bond donors (Lipinski definition) is 0. The first-order valence-electron chi connectivity index (χ1n) is 5.31. The molecular weight excluding hydrogens is 314 g/mol. The number of alkyl halides is 3. The molecule has 2 rings (SSSR count). The molecule has 20 heavy (non-hydrogen) atoms. The molecule has 0 N–H and O–H groups in total. The number of rotatable bonds is 2. The van der Waals surface area contributed by atoms with Gasteiger partial charge in [-0.05, 0) is 24.3 Å². The van der Waals surface area contributed by atoms with Gasteiger partial charge in [-0.3, -0.25) is 9.78 Å². The van der Waals surface area contributed by atoms with Crippen LogP contribution < -0.4 is 0 Å². The molecule has 0 spiro atoms. The van der Waals surface area contributed by atoms with Gasteiger partial charge in [0.25, 0.3) is 0 Å². The Balaban J connectivity index is 2.81. The lowest BCUT2D eigenvalue weighted by molar-refractivity contribution is -0.137. The normalized spacial score (nSPS) is 11.4. The predicted molar refractivity (Wildman–Crippen MR) is 70.1 cm³/mol. The Labute approximate surface area is 122 Å². The van der Waals surface area contributed by atoms with Crippen LogP contribution in [0.4, 0.5) is 13.2 Å². The highest BCUT2D eigenvalue weighted by Crippen LogP contribution is 2.40. The van der Waals surface area contributed by atoms with Gasteiger partial charge in [0.1, 0.15) is 0 Å². The molecule has 0 unspecified atom stereocenters. The highest BCUT2D eigenvalue weighted by atomic mass is 35.5. The SMILES string of the molecule is O=Cc1ccnc(-c2cc(Cl)ccc2Cl)c1C(F)(F)F. The molecular formula is C13H6Cl2F3NO. The summed E-state index contributed by atoms with van der Waals surface area (Å²) in [6, 6.07) is 5.09. The van der Waals surface area contributed by atoms with Gasteiger partial charge in [-0.15, -0.1) is 0 Å². The second-order valence-corrected chi connectivity index (χ2v) is 4.71. The summed E-state index contributed by atoms with van der Waals surface area (Å²) in [5.41, 5.74) is -2.03. The summed E-state index contributed by atoms with van der Waals surface area (Å²) in [5.74, 6) is 0. The Kier molecular flexibility index (Phi) is 4.01. The molecule has 0 aliphatic heterocycles. The second kappa shape index (κ2) is 5.42. The third-order valence-corrected chi connectivity index (χ3v) is 3.14. The molecule has 0 saturated heterocycles. The van der Waals surface area contributed by atoms with Crippen molar-refractivity contribution in [1.82, 2.24) is 4.98 Å². The topological polar surface area (TPSA) is 30.0 Å². The number of pyridine rings is 1. The van der Waals surface area contributed by atoms with E-state index in [2.05, 4.69) is 4.98 Å². The monoisotopic (exact) mass is 319 g/mol. The largest absolute Gasteiger partial charge is 0.419 e. The van der Waals surface area contributed by atoms with E-state index in [9.17, 15) is 18.0 Å². The smallest absolute Gasteiger partial charge is 0.298 e. The molecule has 0 aliphatic carbocycles. The zero-order valence-electron chi connectivity index (χ0n) is 9.71. The first-order valence-corrected chi connectivity index (χ1v) is 6.07. The number of hydrogen-bond acceptors (Lipinski definition) is 2. The number of aromatic nitrogens is 1. The lowest BCUT2D eigenvalue weighted by Gasteiger charge is -2.15. The van der Waals surface area contributed by atoms with Crippen molar-refractivity contribution < 1.29 is 18.0 Å². The fourth-order valence-electron chi connectivity index (χ4n) is 1.76. The molecule has 0 radical (unpaired) electrons. The van der Waals surface area contributed by atoms with Crippen molar-refractivity contribution >= 4 is 29.5 Å². The Hall–Kier alpha value is -1.59. The minimum absolute atomic E-state index is 0.0233. The molecule has 2 nitrogen and oxygen atoms in total. The Bertz CT molecular complexity index is 671. The number of carbonyl (C=O) groups excluding carboxylic acids is 1. The van der Waals surface area contributed by atoms with Crippen molar-refractivity contribution in [3.63, 3.8) is 0 Å². The van der Waals surface area contributed by atoms with E-state index in [-0.39, 0.29) is 21.9 Å². The van der Waals surface area contributed by atoms with Gasteiger partial charge in [0.05, 0.1) is 16.3 Å². The number of nitrogens with zero attached hydrogens (tertiary/aromatic N) is 1. The van der Waals surface area contributed by atoms with E-state index in [1.165, 1.54) is 18.2 Å². The highest BCUT2D eigenvalue weighted by molar-refractivity contribution is 6.35. The summed E-state index contributed by atoms with van der Waals surface area (Å²) in [4.78, 5) is 14.5. The third kappa shape index (κ3) is 2.78. The van der Waals surface area contributed by atoms with Crippen LogP contribution in [0, 0.1) is 0 Å². The average molecular weight is 320 g/mol. The van der Waals surface area contributed by atoms with Gasteiger partial charge in [0.15, 0.2) is 6.29 Å². The van der Waals surface area contributed by atoms with Crippen LogP contribution in [0.15, 0.2) is 30.5 Å². The van der Waals surface area contributed by atoms with Crippen molar-refractivity contribution in [2.45, 2.75) is 6.18 Å². The minimum Gasteiger partial charge on any atom is -0.298 e. The lowest BCUT2D eigenvalue weighted by Crippen LogP contribution is -2.12. The van der Waals surface area contributed by atoms with Gasteiger partial charge in [0.2, 0.25) is 0 Å². The molecule has 0 bridgehead atoms. The number of halogens is 5. The Morgan fingerprint density at radius 3 is 2.45 bits per heavy atom. The molecule has 0 fully saturated rings. The molecule has 7 heteroatoms. The van der Waals surface area contributed by atoms with E-state index in [0.717, 1.165) is 12.3 Å². The van der Waals surface area contributed by atoms with Crippen molar-refractivity contribution in [3.8, 4) is 11.3 Å². The third-order valence-electron chi connectivity index (χ3n) is 2.58. The fourth-order valence-corrected chi connectivity index (χ4v) is 2.14. The summed E-state index contributed by atoms with van der Waals surface area (Å²) >= 11 is 11.7. The van der Waals surface area contributed by atoms with Crippen molar-refractivity contribution in [2.24, 2.45) is 0 Å². The van der Waals surface area contributed by atoms with Crippen LogP contribution in [-0.2, 0) is 6.18 Å². The van der Waals surface area contributed by atoms with Crippen LogP contribution in [0.2, 0.25) is 10.0 Å². The van der Waals surface area contributed by atoms with Crippen LogP contribution >= 0.6 is 23.2 Å². The molecule has 0 aliphatic rings. The standard InChI is InChI=1S/C13H6Cl2F3NO/c14-8-1-2-10(15)9(5-8)12-11(13(16,17)18)7(6-20)3-4-19-12/h1-6H. The number of benzene rings is 1. The summed E-state index contributed by atoms with van der Waals surface area (Å²) < 4.78 is 39.4. The fraction of sp³-hybridized carbons (Fsp3) is 0.0769. The quantitative estimate of drug-likeness (QED) is 0.738. The molecule has 1 heterocycles. The Morgan fingerprint density at radius 1 is 1.15 bits per heavy atom. The summed E-state index contributed by atoms with van der Waals surface area (Å²) in [6.07, 6.45) is -3.48. The molecule has 1 aromatic carbocycles. The zero-order chi connectivity index (χ0) is 14.9. The van der Waals surface area contributed by atoms with E-state index in [4.69, 9.17) is 23.2 Å². The van der Waals surface area contributed by atoms with Gasteiger partial charge >= 0.3 is 6.18 Å². The summed E-state index contributed by atoms with van der Waals surface area (Å²) in [5, 5.41) is 0.284. The van der Waals surface area contributed by atoms with Gasteiger partial charge in [-0.2, -0.15) is 13.2 Å². The lowest BCUT2D eigenvalue weighted by atomic mass is 10.0. The molecule has 2 aromatic rings. The van der Waals surface area contributed by atoms with E-state index in [1.54, 1.807) is 0 Å². The van der Waals surface area contributed by atoms with E-state index in [0.29, 0.717) is 0 Å². The maximum atomic E-state index is 13.1. The maximum Gasteiger partial charge on any atom is 0.419 e. The van der Waals surface area contributed by atoms with Gasteiger partial charge in [0, 0.05) is 22.3 Å². The van der Waals surface area contributed by atoms with Gasteiger partial charge in [-0.1, -0.05) is 23.2 Å². The first-order chi connectivity index (χ1) is 9.34. The van der Waals surface area contributed by atoms with Crippen LogP contribution in [0.25, 0.3) is 11.3 Å². The van der Waals surface area contributed by atoms with E-state index >= 15 is 0 Å². The molecule has 0 amide bonds. The molecule has 0 atom stereocenters. The van der Waals surface area contributed by atoms with Crippen LogP contribution in [-0.4, -0.2) is 11.3 Å². The predicted octanol–water partition coefficient (Wildman–Crippen LogP) is 4.89. The zero-order valence-corrected chi connectivity index (χ0v) is 11.2. The van der Waals surface area contributed by atoms with Crippen LogP contribution in [0.1, 0.15) is 15.9 Å². The highest BCUT2D eigenvalue weighted by Gasteiger charge is 2.37. The van der Waals surface area contributed by atoms with Crippen molar-refractivity contribution in [3.05, 3.63) is 51.6 Å². The van der Waals surface area contributed by atoms with E-state index in [1.807, 2.05) is 0 Å². The molecule has 0 saturated carbocycles. The molecule has 104 valence electrons. The number of aldehydes is 1. The number of carbonyl (C=O) groups is 1.